The zero-order valence-electron chi connectivity index (χ0n) is 12.8. The summed E-state index contributed by atoms with van der Waals surface area (Å²) >= 11 is 0. The predicted octanol–water partition coefficient (Wildman–Crippen LogP) is 3.68. The van der Waals surface area contributed by atoms with E-state index in [1.54, 1.807) is 6.07 Å². The van der Waals surface area contributed by atoms with E-state index in [0.717, 1.165) is 24.9 Å². The molecule has 0 spiro atoms. The number of anilines is 1. The second-order valence-electron chi connectivity index (χ2n) is 6.51. The fourth-order valence-electron chi connectivity index (χ4n) is 2.53. The molecule has 21 heavy (non-hydrogen) atoms. The quantitative estimate of drug-likeness (QED) is 0.894. The molecular weight excluding hydrogens is 271 g/mol. The third kappa shape index (κ3) is 5.25. The second kappa shape index (κ2) is 6.33. The minimum absolute atomic E-state index is 0.103. The van der Waals surface area contributed by atoms with Gasteiger partial charge in [0.2, 0.25) is 0 Å². The Hall–Kier alpha value is -1.78. The first-order valence-corrected chi connectivity index (χ1v) is 7.33. The van der Waals surface area contributed by atoms with E-state index >= 15 is 0 Å². The van der Waals surface area contributed by atoms with Crippen LogP contribution in [0.2, 0.25) is 0 Å². The Labute approximate surface area is 125 Å². The summed E-state index contributed by atoms with van der Waals surface area (Å²) in [5.74, 6) is -0.249. The van der Waals surface area contributed by atoms with Crippen LogP contribution in [0.25, 0.3) is 0 Å². The van der Waals surface area contributed by atoms with Crippen LogP contribution in [0.1, 0.15) is 40.0 Å². The SMILES string of the molecule is CC(C)(C)OC(=O)NC1CCC(Nc2cccc(F)c2)C1. The minimum atomic E-state index is -0.484. The molecule has 0 radical (unpaired) electrons. The van der Waals surface area contributed by atoms with E-state index in [1.807, 2.05) is 26.8 Å². The number of rotatable bonds is 3. The Morgan fingerprint density at radius 1 is 1.29 bits per heavy atom. The molecule has 1 fully saturated rings. The molecule has 0 aliphatic heterocycles. The zero-order chi connectivity index (χ0) is 15.5. The Morgan fingerprint density at radius 3 is 2.67 bits per heavy atom. The van der Waals surface area contributed by atoms with E-state index in [4.69, 9.17) is 4.74 Å². The highest BCUT2D eigenvalue weighted by Gasteiger charge is 2.27. The maximum atomic E-state index is 13.1. The molecule has 0 bridgehead atoms. The number of hydrogen-bond donors (Lipinski definition) is 2. The van der Waals surface area contributed by atoms with Gasteiger partial charge in [-0.15, -0.1) is 0 Å². The van der Waals surface area contributed by atoms with E-state index < -0.39 is 5.60 Å². The standard InChI is InChI=1S/C16H23FN2O2/c1-16(2,3)21-15(20)19-14-8-7-13(10-14)18-12-6-4-5-11(17)9-12/h4-6,9,13-14,18H,7-8,10H2,1-3H3,(H,19,20). The molecule has 1 aromatic carbocycles. The van der Waals surface area contributed by atoms with Crippen molar-refractivity contribution in [1.82, 2.24) is 5.32 Å². The van der Waals surface area contributed by atoms with Gasteiger partial charge in [0.1, 0.15) is 11.4 Å². The van der Waals surface area contributed by atoms with E-state index in [0.29, 0.717) is 0 Å². The van der Waals surface area contributed by atoms with Crippen LogP contribution < -0.4 is 10.6 Å². The van der Waals surface area contributed by atoms with Gasteiger partial charge < -0.3 is 15.4 Å². The van der Waals surface area contributed by atoms with Crippen LogP contribution in [0, 0.1) is 5.82 Å². The second-order valence-corrected chi connectivity index (χ2v) is 6.51. The minimum Gasteiger partial charge on any atom is -0.444 e. The van der Waals surface area contributed by atoms with Gasteiger partial charge in [0.15, 0.2) is 0 Å². The van der Waals surface area contributed by atoms with Gasteiger partial charge in [-0.2, -0.15) is 0 Å². The average molecular weight is 294 g/mol. The Morgan fingerprint density at radius 2 is 2.00 bits per heavy atom. The van der Waals surface area contributed by atoms with Crippen molar-refractivity contribution in [2.24, 2.45) is 0 Å². The highest BCUT2D eigenvalue weighted by atomic mass is 19.1. The first-order valence-electron chi connectivity index (χ1n) is 7.33. The van der Waals surface area contributed by atoms with Gasteiger partial charge >= 0.3 is 6.09 Å². The van der Waals surface area contributed by atoms with Crippen molar-refractivity contribution in [1.29, 1.82) is 0 Å². The van der Waals surface area contributed by atoms with Crippen molar-refractivity contribution in [2.45, 2.75) is 57.7 Å². The lowest BCUT2D eigenvalue weighted by atomic mass is 10.2. The largest absolute Gasteiger partial charge is 0.444 e. The molecule has 0 heterocycles. The molecule has 5 heteroatoms. The molecule has 1 aliphatic rings. The first-order chi connectivity index (χ1) is 9.82. The molecule has 1 amide bonds. The van der Waals surface area contributed by atoms with Crippen LogP contribution in [0.5, 0.6) is 0 Å². The summed E-state index contributed by atoms with van der Waals surface area (Å²) in [6.07, 6.45) is 2.28. The van der Waals surface area contributed by atoms with E-state index in [2.05, 4.69) is 10.6 Å². The average Bonchev–Trinajstić information content (AvgIpc) is 2.73. The molecule has 0 aromatic heterocycles. The van der Waals surface area contributed by atoms with Crippen LogP contribution >= 0.6 is 0 Å². The number of carbonyl (C=O) groups excluding carboxylic acids is 1. The number of hydrogen-bond acceptors (Lipinski definition) is 3. The number of nitrogens with one attached hydrogen (secondary N) is 2. The monoisotopic (exact) mass is 294 g/mol. The molecular formula is C16H23FN2O2. The summed E-state index contributed by atoms with van der Waals surface area (Å²) in [5, 5.41) is 6.19. The van der Waals surface area contributed by atoms with Crippen molar-refractivity contribution >= 4 is 11.8 Å². The van der Waals surface area contributed by atoms with Gasteiger partial charge in [0.05, 0.1) is 0 Å². The van der Waals surface area contributed by atoms with Crippen LogP contribution in [0.4, 0.5) is 14.9 Å². The molecule has 0 saturated heterocycles. The highest BCUT2D eigenvalue weighted by Crippen LogP contribution is 2.23. The maximum absolute atomic E-state index is 13.1. The fourth-order valence-corrected chi connectivity index (χ4v) is 2.53. The number of halogens is 1. The Bertz CT molecular complexity index is 499. The summed E-state index contributed by atoms with van der Waals surface area (Å²) in [4.78, 5) is 11.7. The van der Waals surface area contributed by atoms with Gasteiger partial charge in [-0.1, -0.05) is 6.07 Å². The first kappa shape index (κ1) is 15.6. The Kier molecular flexibility index (Phi) is 4.70. The fraction of sp³-hybridized carbons (Fsp3) is 0.562. The third-order valence-corrected chi connectivity index (χ3v) is 3.35. The molecule has 2 rings (SSSR count). The molecule has 2 N–H and O–H groups in total. The smallest absolute Gasteiger partial charge is 0.407 e. The summed E-state index contributed by atoms with van der Waals surface area (Å²) in [7, 11) is 0. The van der Waals surface area contributed by atoms with E-state index in [1.165, 1.54) is 12.1 Å². The van der Waals surface area contributed by atoms with Crippen LogP contribution in [-0.4, -0.2) is 23.8 Å². The lowest BCUT2D eigenvalue weighted by Crippen LogP contribution is -2.38. The molecule has 2 unspecified atom stereocenters. The highest BCUT2D eigenvalue weighted by molar-refractivity contribution is 5.68. The van der Waals surface area contributed by atoms with Crippen molar-refractivity contribution in [3.8, 4) is 0 Å². The van der Waals surface area contributed by atoms with Crippen molar-refractivity contribution in [3.63, 3.8) is 0 Å². The van der Waals surface area contributed by atoms with Gasteiger partial charge in [-0.25, -0.2) is 9.18 Å². The lowest BCUT2D eigenvalue weighted by molar-refractivity contribution is 0.0505. The summed E-state index contributed by atoms with van der Waals surface area (Å²) in [5.41, 5.74) is 0.292. The number of benzene rings is 1. The van der Waals surface area contributed by atoms with E-state index in [9.17, 15) is 9.18 Å². The molecule has 4 nitrogen and oxygen atoms in total. The number of amides is 1. The molecule has 116 valence electrons. The lowest BCUT2D eigenvalue weighted by Gasteiger charge is -2.22. The summed E-state index contributed by atoms with van der Waals surface area (Å²) in [6.45, 7) is 5.53. The number of alkyl carbamates (subject to hydrolysis) is 1. The zero-order valence-corrected chi connectivity index (χ0v) is 12.8. The van der Waals surface area contributed by atoms with Gasteiger partial charge in [0.25, 0.3) is 0 Å². The molecule has 1 aliphatic carbocycles. The maximum Gasteiger partial charge on any atom is 0.407 e. The third-order valence-electron chi connectivity index (χ3n) is 3.35. The van der Waals surface area contributed by atoms with Gasteiger partial charge in [-0.3, -0.25) is 0 Å². The molecule has 2 atom stereocenters. The summed E-state index contributed by atoms with van der Waals surface area (Å²) < 4.78 is 18.4. The normalized spacial score (nSPS) is 21.9. The number of carbonyl (C=O) groups is 1. The van der Waals surface area contributed by atoms with Crippen LogP contribution in [0.15, 0.2) is 24.3 Å². The van der Waals surface area contributed by atoms with Gasteiger partial charge in [-0.05, 0) is 58.2 Å². The van der Waals surface area contributed by atoms with Gasteiger partial charge in [0, 0.05) is 17.8 Å². The molecule has 1 aromatic rings. The van der Waals surface area contributed by atoms with Crippen LogP contribution in [0.3, 0.4) is 0 Å². The van der Waals surface area contributed by atoms with Crippen molar-refractivity contribution < 1.29 is 13.9 Å². The number of ether oxygens (including phenoxy) is 1. The predicted molar refractivity (Wildman–Crippen MR) is 80.8 cm³/mol. The van der Waals surface area contributed by atoms with Crippen molar-refractivity contribution in [2.75, 3.05) is 5.32 Å². The van der Waals surface area contributed by atoms with Crippen molar-refractivity contribution in [3.05, 3.63) is 30.1 Å². The van der Waals surface area contributed by atoms with Crippen LogP contribution in [-0.2, 0) is 4.74 Å². The van der Waals surface area contributed by atoms with E-state index in [-0.39, 0.29) is 24.0 Å². The topological polar surface area (TPSA) is 50.4 Å². The Balaban J connectivity index is 1.80. The molecule has 1 saturated carbocycles. The summed E-state index contributed by atoms with van der Waals surface area (Å²) in [6, 6.07) is 6.78.